The van der Waals surface area contributed by atoms with E-state index in [2.05, 4.69) is 120 Å². The van der Waals surface area contributed by atoms with Gasteiger partial charge in [0.1, 0.15) is 22.8 Å². The van der Waals surface area contributed by atoms with Gasteiger partial charge in [0, 0.05) is 16.7 Å². The van der Waals surface area contributed by atoms with Gasteiger partial charge in [0.15, 0.2) is 11.6 Å². The van der Waals surface area contributed by atoms with Gasteiger partial charge in [0.25, 0.3) is 5.54 Å². The van der Waals surface area contributed by atoms with Gasteiger partial charge in [0.2, 0.25) is 0 Å². The lowest BCUT2D eigenvalue weighted by atomic mass is 9.79. The highest BCUT2D eigenvalue weighted by Gasteiger charge is 2.70. The molecule has 4 aliphatic heterocycles. The van der Waals surface area contributed by atoms with E-state index in [4.69, 9.17) is 9.47 Å². The van der Waals surface area contributed by atoms with Gasteiger partial charge in [-0.3, -0.25) is 0 Å². The molecule has 0 saturated carbocycles. The second kappa shape index (κ2) is 7.55. The van der Waals surface area contributed by atoms with Crippen LogP contribution in [0.25, 0.3) is 16.0 Å². The molecule has 0 saturated heterocycles. The summed E-state index contributed by atoms with van der Waals surface area (Å²) in [6, 6.07) is 38.4. The largest absolute Gasteiger partial charge is 0.456 e. The van der Waals surface area contributed by atoms with Crippen molar-refractivity contribution in [3.63, 3.8) is 0 Å². The minimum Gasteiger partial charge on any atom is -0.456 e. The van der Waals surface area contributed by atoms with Crippen molar-refractivity contribution in [2.24, 2.45) is 0 Å². The molecule has 0 fully saturated rings. The topological polar surface area (TPSA) is 25.6 Å². The summed E-state index contributed by atoms with van der Waals surface area (Å²) >= 11 is 1.94. The molecule has 4 aliphatic rings. The number of pyridine rings is 1. The first-order valence-electron chi connectivity index (χ1n) is 13.2. The number of thioether (sulfide) groups is 1. The molecule has 0 bridgehead atoms. The molecule has 5 heteroatoms. The Balaban J connectivity index is 1.26. The third-order valence-corrected chi connectivity index (χ3v) is 9.96. The standard InChI is InChI=1S/C34H23N2O2S/c1-21-32(24-18-16-23(17-19-24)22-9-3-2-4-10-22)39-33-34-30-25(36(21)33)11-7-12-26(30)37-27-13-8-14-28(31(27)34)38-29-15-5-6-20-35(29)34/h2-20,33H,1H3/q+1. The van der Waals surface area contributed by atoms with Gasteiger partial charge in [0.05, 0.1) is 17.3 Å². The molecule has 2 atom stereocenters. The number of hydrogen-bond donors (Lipinski definition) is 0. The molecule has 39 heavy (non-hydrogen) atoms. The molecule has 1 spiro atoms. The lowest BCUT2D eigenvalue weighted by Gasteiger charge is -2.39. The average Bonchev–Trinajstić information content (AvgIpc) is 3.48. The second-order valence-electron chi connectivity index (χ2n) is 10.4. The Kier molecular flexibility index (Phi) is 4.15. The van der Waals surface area contributed by atoms with Crippen molar-refractivity contribution >= 4 is 22.4 Å². The fourth-order valence-corrected chi connectivity index (χ4v) is 8.51. The minimum absolute atomic E-state index is 0.0660. The Morgan fingerprint density at radius 2 is 1.33 bits per heavy atom. The molecule has 1 aromatic heterocycles. The number of fused-ring (bicyclic) bond motifs is 3. The van der Waals surface area contributed by atoms with E-state index < -0.39 is 5.54 Å². The third kappa shape index (κ3) is 2.63. The third-order valence-electron chi connectivity index (χ3n) is 8.42. The number of nitrogens with zero attached hydrogens (tertiary/aromatic N) is 2. The first-order valence-corrected chi connectivity index (χ1v) is 14.1. The summed E-state index contributed by atoms with van der Waals surface area (Å²) in [5.74, 6) is 3.48. The Labute approximate surface area is 230 Å². The zero-order chi connectivity index (χ0) is 25.7. The van der Waals surface area contributed by atoms with E-state index in [0.29, 0.717) is 0 Å². The van der Waals surface area contributed by atoms with Crippen LogP contribution in [-0.2, 0) is 5.54 Å². The van der Waals surface area contributed by atoms with E-state index in [1.807, 2.05) is 23.9 Å². The maximum absolute atomic E-state index is 6.55. The number of anilines is 1. The first-order chi connectivity index (χ1) is 19.2. The zero-order valence-electron chi connectivity index (χ0n) is 21.2. The predicted octanol–water partition coefficient (Wildman–Crippen LogP) is 7.93. The van der Waals surface area contributed by atoms with Crippen molar-refractivity contribution in [2.45, 2.75) is 17.8 Å². The molecular weight excluding hydrogens is 500 g/mol. The maximum atomic E-state index is 6.55. The van der Waals surface area contributed by atoms with Gasteiger partial charge in [-0.25, -0.2) is 0 Å². The predicted molar refractivity (Wildman–Crippen MR) is 154 cm³/mol. The monoisotopic (exact) mass is 523 g/mol. The Morgan fingerprint density at radius 1 is 0.667 bits per heavy atom. The van der Waals surface area contributed by atoms with E-state index in [9.17, 15) is 0 Å². The number of allylic oxidation sites excluding steroid dienone is 1. The molecule has 4 aromatic carbocycles. The number of hydrogen-bond acceptors (Lipinski definition) is 4. The molecule has 5 heterocycles. The van der Waals surface area contributed by atoms with Crippen LogP contribution in [0.5, 0.6) is 23.1 Å². The molecule has 2 unspecified atom stereocenters. The van der Waals surface area contributed by atoms with Crippen LogP contribution in [0, 0.1) is 0 Å². The summed E-state index contributed by atoms with van der Waals surface area (Å²) in [5.41, 5.74) is 7.97. The van der Waals surface area contributed by atoms with Crippen molar-refractivity contribution in [3.8, 4) is 34.3 Å². The molecule has 0 amide bonds. The first kappa shape index (κ1) is 21.5. The lowest BCUT2D eigenvalue weighted by Crippen LogP contribution is -2.65. The van der Waals surface area contributed by atoms with Crippen molar-refractivity contribution in [3.05, 3.63) is 138 Å². The molecule has 186 valence electrons. The molecule has 9 rings (SSSR count). The lowest BCUT2D eigenvalue weighted by molar-refractivity contribution is -0.749. The summed E-state index contributed by atoms with van der Waals surface area (Å²) < 4.78 is 15.3. The van der Waals surface area contributed by atoms with Gasteiger partial charge in [-0.1, -0.05) is 78.5 Å². The van der Waals surface area contributed by atoms with Crippen LogP contribution in [0.1, 0.15) is 23.6 Å². The summed E-state index contributed by atoms with van der Waals surface area (Å²) in [6.07, 6.45) is 2.16. The normalized spacial score (nSPS) is 20.9. The van der Waals surface area contributed by atoms with Gasteiger partial charge >= 0.3 is 5.88 Å². The maximum Gasteiger partial charge on any atom is 0.374 e. The van der Waals surface area contributed by atoms with Crippen molar-refractivity contribution < 1.29 is 14.0 Å². The number of ether oxygens (including phenoxy) is 2. The Bertz CT molecular complexity index is 1850. The van der Waals surface area contributed by atoms with Crippen LogP contribution in [0.4, 0.5) is 5.69 Å². The van der Waals surface area contributed by atoms with Gasteiger partial charge in [-0.05, 0) is 53.9 Å². The molecule has 5 aromatic rings. The van der Waals surface area contributed by atoms with Crippen molar-refractivity contribution in [1.29, 1.82) is 0 Å². The van der Waals surface area contributed by atoms with Crippen LogP contribution in [0.3, 0.4) is 0 Å². The summed E-state index contributed by atoms with van der Waals surface area (Å²) in [6.45, 7) is 2.25. The van der Waals surface area contributed by atoms with Gasteiger partial charge < -0.3 is 14.4 Å². The van der Waals surface area contributed by atoms with Crippen LogP contribution < -0.4 is 18.9 Å². The highest BCUT2D eigenvalue weighted by atomic mass is 32.2. The van der Waals surface area contributed by atoms with E-state index in [-0.39, 0.29) is 5.37 Å². The zero-order valence-corrected chi connectivity index (χ0v) is 22.0. The quantitative estimate of drug-likeness (QED) is 0.220. The summed E-state index contributed by atoms with van der Waals surface area (Å²) in [7, 11) is 0. The smallest absolute Gasteiger partial charge is 0.374 e. The van der Waals surface area contributed by atoms with Crippen molar-refractivity contribution in [1.82, 2.24) is 0 Å². The Morgan fingerprint density at radius 3 is 2.15 bits per heavy atom. The second-order valence-corrected chi connectivity index (χ2v) is 11.4. The van der Waals surface area contributed by atoms with Gasteiger partial charge in [-0.2, -0.15) is 0 Å². The van der Waals surface area contributed by atoms with Crippen molar-refractivity contribution in [2.75, 3.05) is 4.90 Å². The van der Waals surface area contributed by atoms with Gasteiger partial charge in [-0.15, -0.1) is 4.57 Å². The average molecular weight is 524 g/mol. The number of benzene rings is 4. The molecule has 0 N–H and O–H groups in total. The van der Waals surface area contributed by atoms with Crippen LogP contribution in [0.15, 0.2) is 121 Å². The highest BCUT2D eigenvalue weighted by Crippen LogP contribution is 2.67. The highest BCUT2D eigenvalue weighted by molar-refractivity contribution is 8.09. The fraction of sp³-hybridized carbons (Fsp3) is 0.0882. The molecule has 0 aliphatic carbocycles. The Hall–Kier alpha value is -4.48. The summed E-state index contributed by atoms with van der Waals surface area (Å²) in [5, 5.41) is 0.0660. The molecule has 0 radical (unpaired) electrons. The number of rotatable bonds is 2. The van der Waals surface area contributed by atoms with E-state index in [1.54, 1.807) is 0 Å². The van der Waals surface area contributed by atoms with E-state index in [0.717, 1.165) is 28.7 Å². The number of aromatic nitrogens is 1. The van der Waals surface area contributed by atoms with E-state index in [1.165, 1.54) is 38.5 Å². The van der Waals surface area contributed by atoms with Crippen LogP contribution in [0.2, 0.25) is 0 Å². The van der Waals surface area contributed by atoms with E-state index >= 15 is 0 Å². The molecular formula is C34H23N2O2S+. The van der Waals surface area contributed by atoms with Crippen LogP contribution >= 0.6 is 11.8 Å². The fourth-order valence-electron chi connectivity index (χ4n) is 6.85. The summed E-state index contributed by atoms with van der Waals surface area (Å²) in [4.78, 5) is 3.83. The minimum atomic E-state index is -0.497. The SMILES string of the molecule is CC1=C(c2ccc(-c3ccccc3)cc2)SC2N1c1cccc3c1C21c2c(cccc2Oc2cccc[n+]21)O3. The molecule has 4 nitrogen and oxygen atoms in total. The van der Waals surface area contributed by atoms with Crippen LogP contribution in [-0.4, -0.2) is 5.37 Å².